The lowest BCUT2D eigenvalue weighted by Gasteiger charge is -2.36. The number of unbranched alkanes of at least 4 members (excludes halogenated alkanes) is 2. The van der Waals surface area contributed by atoms with E-state index < -0.39 is 0 Å². The zero-order chi connectivity index (χ0) is 15.8. The maximum atomic E-state index is 10.3. The number of ether oxygens (including phenoxy) is 1. The third-order valence-corrected chi connectivity index (χ3v) is 4.71. The van der Waals surface area contributed by atoms with Gasteiger partial charge in [-0.3, -0.25) is 0 Å². The Morgan fingerprint density at radius 2 is 2.05 bits per heavy atom. The van der Waals surface area contributed by atoms with Gasteiger partial charge in [-0.2, -0.15) is 0 Å². The van der Waals surface area contributed by atoms with Gasteiger partial charge in [0, 0.05) is 11.6 Å². The summed E-state index contributed by atoms with van der Waals surface area (Å²) in [5.41, 5.74) is 0. The van der Waals surface area contributed by atoms with Crippen molar-refractivity contribution in [2.24, 2.45) is 5.92 Å². The Kier molecular flexibility index (Phi) is 7.50. The van der Waals surface area contributed by atoms with Crippen LogP contribution in [0.5, 0.6) is 5.75 Å². The van der Waals surface area contributed by atoms with Crippen LogP contribution in [0, 0.1) is 5.92 Å². The van der Waals surface area contributed by atoms with Crippen molar-refractivity contribution in [2.45, 2.75) is 45.1 Å². The van der Waals surface area contributed by atoms with E-state index >= 15 is 0 Å². The van der Waals surface area contributed by atoms with Gasteiger partial charge in [0.15, 0.2) is 0 Å². The van der Waals surface area contributed by atoms with Gasteiger partial charge in [0.2, 0.25) is 0 Å². The number of aliphatic hydroxyl groups excluding tert-OH is 1. The van der Waals surface area contributed by atoms with Crippen LogP contribution in [-0.2, 0) is 0 Å². The summed E-state index contributed by atoms with van der Waals surface area (Å²) in [6, 6.07) is 7.44. The Bertz CT molecular complexity index is 424. The number of benzene rings is 1. The number of piperidine rings is 1. The van der Waals surface area contributed by atoms with Gasteiger partial charge in [-0.05, 0) is 62.5 Å². The number of rotatable bonds is 8. The number of β-amino-alcohol motifs (C(OH)–C–C–N with tert-alkyl or cyclic N) is 1. The third-order valence-electron chi connectivity index (χ3n) is 4.45. The molecule has 0 spiro atoms. The molecule has 0 aromatic heterocycles. The fraction of sp³-hybridized carbons (Fsp3) is 0.667. The summed E-state index contributed by atoms with van der Waals surface area (Å²) in [5, 5.41) is 11.0. The van der Waals surface area contributed by atoms with E-state index in [0.717, 1.165) is 43.2 Å². The van der Waals surface area contributed by atoms with E-state index in [1.54, 1.807) is 0 Å². The molecule has 0 bridgehead atoms. The molecule has 3 nitrogen and oxygen atoms in total. The molecule has 1 N–H and O–H groups in total. The molecule has 1 saturated heterocycles. The average molecular weight is 326 g/mol. The Labute approximate surface area is 139 Å². The average Bonchev–Trinajstić information content (AvgIpc) is 2.51. The van der Waals surface area contributed by atoms with Crippen LogP contribution in [0.25, 0.3) is 0 Å². The monoisotopic (exact) mass is 325 g/mol. The standard InChI is InChI=1S/C18H28ClNO2/c1-2-3-4-11-20-12-9-15(18(21)14-20)10-13-22-17-7-5-16(19)6-8-17/h5-8,15,18,21H,2-4,9-14H2,1H3/t15-,18-/m0/s1. The number of hydrogen-bond acceptors (Lipinski definition) is 3. The summed E-state index contributed by atoms with van der Waals surface area (Å²) >= 11 is 5.85. The zero-order valence-electron chi connectivity index (χ0n) is 13.5. The van der Waals surface area contributed by atoms with Crippen LogP contribution < -0.4 is 4.74 Å². The van der Waals surface area contributed by atoms with Crippen molar-refractivity contribution in [3.63, 3.8) is 0 Å². The van der Waals surface area contributed by atoms with Gasteiger partial charge in [-0.25, -0.2) is 0 Å². The van der Waals surface area contributed by atoms with E-state index in [4.69, 9.17) is 16.3 Å². The molecular formula is C18H28ClNO2. The Balaban J connectivity index is 1.65. The van der Waals surface area contributed by atoms with Gasteiger partial charge < -0.3 is 14.7 Å². The highest BCUT2D eigenvalue weighted by Gasteiger charge is 2.27. The second kappa shape index (κ2) is 9.39. The molecule has 4 heteroatoms. The van der Waals surface area contributed by atoms with Crippen molar-refractivity contribution in [3.05, 3.63) is 29.3 Å². The molecule has 1 fully saturated rings. The highest BCUT2D eigenvalue weighted by molar-refractivity contribution is 6.30. The predicted octanol–water partition coefficient (Wildman–Crippen LogP) is 3.98. The van der Waals surface area contributed by atoms with E-state index in [2.05, 4.69) is 11.8 Å². The largest absolute Gasteiger partial charge is 0.494 e. The van der Waals surface area contributed by atoms with E-state index in [-0.39, 0.29) is 6.10 Å². The summed E-state index contributed by atoms with van der Waals surface area (Å²) in [4.78, 5) is 2.40. The van der Waals surface area contributed by atoms with Crippen LogP contribution in [0.1, 0.15) is 39.0 Å². The van der Waals surface area contributed by atoms with Gasteiger partial charge in [0.05, 0.1) is 12.7 Å². The third kappa shape index (κ3) is 5.79. The van der Waals surface area contributed by atoms with Gasteiger partial charge in [-0.1, -0.05) is 31.4 Å². The Hall–Kier alpha value is -0.770. The van der Waals surface area contributed by atoms with Crippen LogP contribution >= 0.6 is 11.6 Å². The predicted molar refractivity (Wildman–Crippen MR) is 91.6 cm³/mol. The SMILES string of the molecule is CCCCCN1CC[C@@H](CCOc2ccc(Cl)cc2)[C@@H](O)C1. The summed E-state index contributed by atoms with van der Waals surface area (Å²) in [7, 11) is 0. The van der Waals surface area contributed by atoms with Gasteiger partial charge >= 0.3 is 0 Å². The number of aliphatic hydroxyl groups is 1. The topological polar surface area (TPSA) is 32.7 Å². The van der Waals surface area contributed by atoms with Gasteiger partial charge in [0.25, 0.3) is 0 Å². The van der Waals surface area contributed by atoms with E-state index in [1.807, 2.05) is 24.3 Å². The van der Waals surface area contributed by atoms with E-state index in [9.17, 15) is 5.11 Å². The van der Waals surface area contributed by atoms with Crippen molar-refractivity contribution in [3.8, 4) is 5.75 Å². The van der Waals surface area contributed by atoms with Crippen LogP contribution in [0.2, 0.25) is 5.02 Å². The fourth-order valence-electron chi connectivity index (χ4n) is 3.03. The van der Waals surface area contributed by atoms with E-state index in [1.165, 1.54) is 19.3 Å². The lowest BCUT2D eigenvalue weighted by molar-refractivity contribution is 0.0129. The molecule has 1 heterocycles. The molecule has 1 aromatic rings. The molecule has 1 aromatic carbocycles. The van der Waals surface area contributed by atoms with Crippen molar-refractivity contribution >= 4 is 11.6 Å². The smallest absolute Gasteiger partial charge is 0.119 e. The molecule has 1 aliphatic heterocycles. The quantitative estimate of drug-likeness (QED) is 0.734. The first-order chi connectivity index (χ1) is 10.7. The Morgan fingerprint density at radius 3 is 2.73 bits per heavy atom. The molecule has 2 rings (SSSR count). The summed E-state index contributed by atoms with van der Waals surface area (Å²) in [5.74, 6) is 1.20. The summed E-state index contributed by atoms with van der Waals surface area (Å²) < 4.78 is 5.73. The van der Waals surface area contributed by atoms with E-state index in [0.29, 0.717) is 12.5 Å². The summed E-state index contributed by atoms with van der Waals surface area (Å²) in [6.07, 6.45) is 5.54. The molecule has 2 atom stereocenters. The number of nitrogens with zero attached hydrogens (tertiary/aromatic N) is 1. The van der Waals surface area contributed by atoms with Crippen molar-refractivity contribution in [2.75, 3.05) is 26.2 Å². The molecule has 0 aliphatic carbocycles. The molecule has 0 radical (unpaired) electrons. The molecular weight excluding hydrogens is 298 g/mol. The molecule has 0 unspecified atom stereocenters. The number of halogens is 1. The fourth-order valence-corrected chi connectivity index (χ4v) is 3.16. The number of likely N-dealkylation sites (tertiary alicyclic amines) is 1. The first-order valence-corrected chi connectivity index (χ1v) is 8.85. The van der Waals surface area contributed by atoms with Gasteiger partial charge in [-0.15, -0.1) is 0 Å². The molecule has 124 valence electrons. The second-order valence-electron chi connectivity index (χ2n) is 6.21. The van der Waals surface area contributed by atoms with Crippen LogP contribution in [0.3, 0.4) is 0 Å². The van der Waals surface area contributed by atoms with Crippen molar-refractivity contribution in [1.29, 1.82) is 0 Å². The summed E-state index contributed by atoms with van der Waals surface area (Å²) in [6.45, 7) is 5.92. The minimum atomic E-state index is -0.218. The van der Waals surface area contributed by atoms with Crippen molar-refractivity contribution < 1.29 is 9.84 Å². The highest BCUT2D eigenvalue weighted by Crippen LogP contribution is 2.22. The lowest BCUT2D eigenvalue weighted by atomic mass is 9.91. The molecule has 1 aliphatic rings. The molecule has 0 saturated carbocycles. The maximum absolute atomic E-state index is 10.3. The Morgan fingerprint density at radius 1 is 1.27 bits per heavy atom. The first-order valence-electron chi connectivity index (χ1n) is 8.48. The minimum absolute atomic E-state index is 0.218. The van der Waals surface area contributed by atoms with Crippen LogP contribution in [0.15, 0.2) is 24.3 Å². The van der Waals surface area contributed by atoms with Gasteiger partial charge in [0.1, 0.15) is 5.75 Å². The van der Waals surface area contributed by atoms with Crippen LogP contribution in [0.4, 0.5) is 0 Å². The highest BCUT2D eigenvalue weighted by atomic mass is 35.5. The minimum Gasteiger partial charge on any atom is -0.494 e. The lowest BCUT2D eigenvalue weighted by Crippen LogP contribution is -2.44. The number of hydrogen-bond donors (Lipinski definition) is 1. The molecule has 0 amide bonds. The maximum Gasteiger partial charge on any atom is 0.119 e. The molecule has 22 heavy (non-hydrogen) atoms. The van der Waals surface area contributed by atoms with Crippen LogP contribution in [-0.4, -0.2) is 42.4 Å². The normalized spacial score (nSPS) is 22.7. The van der Waals surface area contributed by atoms with Crippen molar-refractivity contribution in [1.82, 2.24) is 4.90 Å². The first kappa shape index (κ1) is 17.6. The second-order valence-corrected chi connectivity index (χ2v) is 6.65. The zero-order valence-corrected chi connectivity index (χ0v) is 14.3.